The third kappa shape index (κ3) is 3.43. The number of nitrogens with one attached hydrogen (secondary N) is 1. The number of thioether (sulfide) groups is 1. The molecule has 1 N–H and O–H groups in total. The number of fused-ring (bicyclic) bond motifs is 2. The van der Waals surface area contributed by atoms with Gasteiger partial charge in [-0.3, -0.25) is 0 Å². The smallest absolute Gasteiger partial charge is 0.0382 e. The fraction of sp³-hybridized carbons (Fsp3) is 0.231. The van der Waals surface area contributed by atoms with Crippen LogP contribution in [0.25, 0.3) is 5.57 Å². The first-order chi connectivity index (χ1) is 13.8. The average molecular weight is 384 g/mol. The zero-order valence-electron chi connectivity index (χ0n) is 16.1. The molecule has 2 aliphatic rings. The molecule has 2 heterocycles. The van der Waals surface area contributed by atoms with Gasteiger partial charge in [0.05, 0.1) is 0 Å². The zero-order chi connectivity index (χ0) is 18.9. The third-order valence-corrected chi connectivity index (χ3v) is 7.30. The Morgan fingerprint density at radius 1 is 0.821 bits per heavy atom. The average Bonchev–Trinajstić information content (AvgIpc) is 3.06. The van der Waals surface area contributed by atoms with Crippen LogP contribution in [0.2, 0.25) is 0 Å². The zero-order valence-corrected chi connectivity index (χ0v) is 16.9. The largest absolute Gasteiger partial charge is 0.306 e. The molecule has 5 rings (SSSR count). The Labute approximate surface area is 171 Å². The van der Waals surface area contributed by atoms with E-state index in [9.17, 15) is 0 Å². The van der Waals surface area contributed by atoms with Crippen LogP contribution in [0.1, 0.15) is 29.0 Å². The lowest BCUT2D eigenvalue weighted by molar-refractivity contribution is 0.524. The first-order valence-electron chi connectivity index (χ1n) is 10.1. The molecule has 3 aromatic carbocycles. The van der Waals surface area contributed by atoms with Gasteiger partial charge in [-0.25, -0.2) is 0 Å². The normalized spacial score (nSPS) is 26.1. The molecule has 2 bridgehead atoms. The summed E-state index contributed by atoms with van der Waals surface area (Å²) >= 11 is 2.02. The highest BCUT2D eigenvalue weighted by Crippen LogP contribution is 2.46. The minimum atomic E-state index is 0.406. The maximum atomic E-state index is 3.92. The van der Waals surface area contributed by atoms with Crippen molar-refractivity contribution in [2.75, 3.05) is 0 Å². The van der Waals surface area contributed by atoms with Gasteiger partial charge in [-0.1, -0.05) is 84.4 Å². The van der Waals surface area contributed by atoms with Gasteiger partial charge in [-0.2, -0.15) is 0 Å². The Morgan fingerprint density at radius 3 is 2.21 bits per heavy atom. The van der Waals surface area contributed by atoms with Crippen LogP contribution in [0.4, 0.5) is 0 Å². The van der Waals surface area contributed by atoms with Gasteiger partial charge in [-0.15, -0.1) is 11.8 Å². The van der Waals surface area contributed by atoms with Crippen molar-refractivity contribution >= 4 is 17.3 Å². The molecule has 140 valence electrons. The van der Waals surface area contributed by atoms with E-state index < -0.39 is 0 Å². The molecule has 1 saturated heterocycles. The van der Waals surface area contributed by atoms with Crippen molar-refractivity contribution in [3.05, 3.63) is 108 Å². The van der Waals surface area contributed by atoms with E-state index in [4.69, 9.17) is 0 Å². The van der Waals surface area contributed by atoms with Gasteiger partial charge in [-0.05, 0) is 42.2 Å². The van der Waals surface area contributed by atoms with E-state index in [-0.39, 0.29) is 0 Å². The van der Waals surface area contributed by atoms with Crippen molar-refractivity contribution < 1.29 is 0 Å². The first kappa shape index (κ1) is 17.8. The highest BCUT2D eigenvalue weighted by molar-refractivity contribution is 8.00. The van der Waals surface area contributed by atoms with Crippen molar-refractivity contribution in [3.8, 4) is 0 Å². The molecular weight excluding hydrogens is 358 g/mol. The Bertz CT molecular complexity index is 962. The van der Waals surface area contributed by atoms with Crippen LogP contribution in [0, 0.1) is 6.92 Å². The number of hydrogen-bond donors (Lipinski definition) is 1. The third-order valence-electron chi connectivity index (χ3n) is 5.96. The minimum absolute atomic E-state index is 0.406. The van der Waals surface area contributed by atoms with Crippen LogP contribution in [-0.2, 0) is 0 Å². The van der Waals surface area contributed by atoms with Gasteiger partial charge in [0.1, 0.15) is 0 Å². The number of hydrogen-bond acceptors (Lipinski definition) is 2. The number of aryl methyl sites for hydroxylation is 1. The van der Waals surface area contributed by atoms with Gasteiger partial charge < -0.3 is 5.32 Å². The summed E-state index contributed by atoms with van der Waals surface area (Å²) in [6.07, 6.45) is 3.69. The van der Waals surface area contributed by atoms with E-state index in [0.29, 0.717) is 23.3 Å². The van der Waals surface area contributed by atoms with Gasteiger partial charge in [0, 0.05) is 28.1 Å². The molecule has 0 amide bonds. The highest BCUT2D eigenvalue weighted by Gasteiger charge is 2.43. The van der Waals surface area contributed by atoms with Crippen LogP contribution < -0.4 is 5.32 Å². The topological polar surface area (TPSA) is 12.0 Å². The monoisotopic (exact) mass is 383 g/mol. The molecule has 3 aromatic rings. The molecule has 1 unspecified atom stereocenters. The van der Waals surface area contributed by atoms with E-state index >= 15 is 0 Å². The van der Waals surface area contributed by atoms with Gasteiger partial charge in [0.2, 0.25) is 0 Å². The van der Waals surface area contributed by atoms with Gasteiger partial charge >= 0.3 is 0 Å². The second-order valence-corrected chi connectivity index (χ2v) is 9.19. The molecule has 2 aliphatic heterocycles. The second kappa shape index (κ2) is 7.62. The van der Waals surface area contributed by atoms with Crippen molar-refractivity contribution in [1.29, 1.82) is 0 Å². The van der Waals surface area contributed by atoms with Crippen LogP contribution in [0.5, 0.6) is 0 Å². The molecule has 1 fully saturated rings. The van der Waals surface area contributed by atoms with Crippen LogP contribution in [0.3, 0.4) is 0 Å². The molecule has 0 saturated carbocycles. The fourth-order valence-corrected chi connectivity index (χ4v) is 5.86. The summed E-state index contributed by atoms with van der Waals surface area (Å²) in [6, 6.07) is 31.8. The Hall–Kier alpha value is -2.29. The Balaban J connectivity index is 1.50. The maximum Gasteiger partial charge on any atom is 0.0382 e. The summed E-state index contributed by atoms with van der Waals surface area (Å²) in [4.78, 5) is 1.37. The maximum absolute atomic E-state index is 3.92. The fourth-order valence-electron chi connectivity index (χ4n) is 4.61. The van der Waals surface area contributed by atoms with E-state index in [1.807, 2.05) is 11.8 Å². The summed E-state index contributed by atoms with van der Waals surface area (Å²) in [7, 11) is 0. The lowest BCUT2D eigenvalue weighted by atomic mass is 9.80. The molecule has 0 spiro atoms. The van der Waals surface area contributed by atoms with Crippen LogP contribution in [0.15, 0.2) is 95.9 Å². The van der Waals surface area contributed by atoms with E-state index in [0.717, 1.165) is 0 Å². The first-order valence-corrected chi connectivity index (χ1v) is 11.0. The molecule has 0 aromatic heterocycles. The summed E-state index contributed by atoms with van der Waals surface area (Å²) < 4.78 is 0. The van der Waals surface area contributed by atoms with E-state index in [1.54, 1.807) is 0 Å². The predicted octanol–water partition coefficient (Wildman–Crippen LogP) is 6.07. The van der Waals surface area contributed by atoms with Crippen LogP contribution in [-0.4, -0.2) is 17.3 Å². The van der Waals surface area contributed by atoms with E-state index in [2.05, 4.69) is 103 Å². The molecule has 28 heavy (non-hydrogen) atoms. The van der Waals surface area contributed by atoms with Crippen molar-refractivity contribution in [3.63, 3.8) is 0 Å². The van der Waals surface area contributed by atoms with Crippen LogP contribution >= 0.6 is 11.8 Å². The highest BCUT2D eigenvalue weighted by atomic mass is 32.2. The van der Waals surface area contributed by atoms with Crippen molar-refractivity contribution in [2.24, 2.45) is 0 Å². The summed E-state index contributed by atoms with van der Waals surface area (Å²) in [5.74, 6) is 0.406. The number of rotatable bonds is 4. The van der Waals surface area contributed by atoms with Gasteiger partial charge in [0.15, 0.2) is 0 Å². The standard InChI is InChI=1S/C26H25NS/c1-18-12-14-21(15-13-18)28-25-17-24-26(20-10-6-3-7-11-20)22(16-23(25)27-24)19-8-4-2-5-9-19/h2-16,23-27H,17H2,1H3/t23-,24-,25-,26?/m0/s1. The molecule has 0 aliphatic carbocycles. The molecule has 0 radical (unpaired) electrons. The summed E-state index contributed by atoms with van der Waals surface area (Å²) in [5.41, 5.74) is 5.57. The lowest BCUT2D eigenvalue weighted by Gasteiger charge is -2.32. The molecule has 2 heteroatoms. The predicted molar refractivity (Wildman–Crippen MR) is 120 cm³/mol. The Morgan fingerprint density at radius 2 is 1.50 bits per heavy atom. The van der Waals surface area contributed by atoms with Crippen molar-refractivity contribution in [1.82, 2.24) is 5.32 Å². The molecule has 1 nitrogen and oxygen atoms in total. The second-order valence-electron chi connectivity index (χ2n) is 7.88. The summed E-state index contributed by atoms with van der Waals surface area (Å²) in [5, 5.41) is 4.49. The van der Waals surface area contributed by atoms with E-state index in [1.165, 1.54) is 33.6 Å². The molecular formula is C26H25NS. The van der Waals surface area contributed by atoms with Crippen molar-refractivity contribution in [2.45, 2.75) is 41.5 Å². The lowest BCUT2D eigenvalue weighted by Crippen LogP contribution is -2.39. The SMILES string of the molecule is Cc1ccc(S[C@H]2C[C@@H]3N[C@H]2C=C(c2ccccc2)C3c2ccccc2)cc1. The summed E-state index contributed by atoms with van der Waals surface area (Å²) in [6.45, 7) is 2.15. The Kier molecular flexibility index (Phi) is 4.84. The van der Waals surface area contributed by atoms with Gasteiger partial charge in [0.25, 0.3) is 0 Å². The molecule has 4 atom stereocenters. The number of benzene rings is 3. The minimum Gasteiger partial charge on any atom is -0.306 e. The quantitative estimate of drug-likeness (QED) is 0.587.